The SMILES string of the molecule is CN(CCc1cccnc1)Cc1cccc(C(N)=S)c1. The van der Waals surface area contributed by atoms with E-state index in [9.17, 15) is 0 Å². The topological polar surface area (TPSA) is 42.2 Å². The van der Waals surface area contributed by atoms with Gasteiger partial charge in [-0.2, -0.15) is 0 Å². The number of hydrogen-bond donors (Lipinski definition) is 1. The van der Waals surface area contributed by atoms with Crippen LogP contribution in [0, 0.1) is 0 Å². The molecule has 1 aromatic heterocycles. The molecule has 20 heavy (non-hydrogen) atoms. The molecule has 4 heteroatoms. The van der Waals surface area contributed by atoms with Crippen molar-refractivity contribution >= 4 is 17.2 Å². The zero-order valence-electron chi connectivity index (χ0n) is 11.6. The van der Waals surface area contributed by atoms with Gasteiger partial charge in [-0.05, 0) is 36.7 Å². The van der Waals surface area contributed by atoms with Gasteiger partial charge in [0.25, 0.3) is 0 Å². The fourth-order valence-electron chi connectivity index (χ4n) is 2.08. The van der Waals surface area contributed by atoms with Crippen LogP contribution in [0.3, 0.4) is 0 Å². The Balaban J connectivity index is 1.89. The summed E-state index contributed by atoms with van der Waals surface area (Å²) < 4.78 is 0. The Hall–Kier alpha value is -1.78. The molecule has 0 unspecified atom stereocenters. The number of thiocarbonyl (C=S) groups is 1. The highest BCUT2D eigenvalue weighted by Crippen LogP contribution is 2.08. The smallest absolute Gasteiger partial charge is 0.103 e. The van der Waals surface area contributed by atoms with Crippen molar-refractivity contribution in [2.24, 2.45) is 5.73 Å². The summed E-state index contributed by atoms with van der Waals surface area (Å²) in [4.78, 5) is 6.86. The molecule has 2 rings (SSSR count). The highest BCUT2D eigenvalue weighted by Gasteiger charge is 2.03. The molecule has 104 valence electrons. The second kappa shape index (κ2) is 7.12. The van der Waals surface area contributed by atoms with E-state index in [1.54, 1.807) is 6.20 Å². The van der Waals surface area contributed by atoms with E-state index in [2.05, 4.69) is 35.1 Å². The van der Waals surface area contributed by atoms with Crippen molar-refractivity contribution in [3.63, 3.8) is 0 Å². The molecule has 2 N–H and O–H groups in total. The third kappa shape index (κ3) is 4.40. The number of rotatable bonds is 6. The lowest BCUT2D eigenvalue weighted by Gasteiger charge is -2.17. The maximum atomic E-state index is 5.66. The number of nitrogens with zero attached hydrogens (tertiary/aromatic N) is 2. The van der Waals surface area contributed by atoms with Crippen molar-refractivity contribution in [2.45, 2.75) is 13.0 Å². The van der Waals surface area contributed by atoms with E-state index in [0.29, 0.717) is 4.99 Å². The van der Waals surface area contributed by atoms with Crippen molar-refractivity contribution < 1.29 is 0 Å². The monoisotopic (exact) mass is 285 g/mol. The molecule has 0 spiro atoms. The van der Waals surface area contributed by atoms with E-state index in [1.807, 2.05) is 24.4 Å². The van der Waals surface area contributed by atoms with E-state index in [0.717, 1.165) is 25.1 Å². The van der Waals surface area contributed by atoms with Crippen LogP contribution in [0.2, 0.25) is 0 Å². The van der Waals surface area contributed by atoms with E-state index in [4.69, 9.17) is 18.0 Å². The van der Waals surface area contributed by atoms with Crippen LogP contribution in [0.15, 0.2) is 48.8 Å². The van der Waals surface area contributed by atoms with Gasteiger partial charge in [-0.1, -0.05) is 36.5 Å². The maximum Gasteiger partial charge on any atom is 0.103 e. The first-order valence-corrected chi connectivity index (χ1v) is 7.02. The van der Waals surface area contributed by atoms with E-state index < -0.39 is 0 Å². The van der Waals surface area contributed by atoms with Crippen molar-refractivity contribution in [1.29, 1.82) is 0 Å². The van der Waals surface area contributed by atoms with Gasteiger partial charge in [0.1, 0.15) is 4.99 Å². The van der Waals surface area contributed by atoms with Crippen LogP contribution in [0.1, 0.15) is 16.7 Å². The summed E-state index contributed by atoms with van der Waals surface area (Å²) in [5.74, 6) is 0. The highest BCUT2D eigenvalue weighted by atomic mass is 32.1. The predicted molar refractivity (Wildman–Crippen MR) is 86.6 cm³/mol. The fraction of sp³-hybridized carbons (Fsp3) is 0.250. The van der Waals surface area contributed by atoms with Crippen molar-refractivity contribution in [3.8, 4) is 0 Å². The van der Waals surface area contributed by atoms with Gasteiger partial charge < -0.3 is 10.6 Å². The van der Waals surface area contributed by atoms with Gasteiger partial charge in [0, 0.05) is 31.0 Å². The summed E-state index contributed by atoms with van der Waals surface area (Å²) in [7, 11) is 2.11. The molecular formula is C16H19N3S. The minimum absolute atomic E-state index is 0.449. The number of aromatic nitrogens is 1. The number of nitrogens with two attached hydrogens (primary N) is 1. The molecule has 1 heterocycles. The molecule has 0 radical (unpaired) electrons. The first-order chi connectivity index (χ1) is 9.65. The standard InChI is InChI=1S/C16H19N3S/c1-19(9-7-13-5-3-8-18-11-13)12-14-4-2-6-15(10-14)16(17)20/h2-6,8,10-11H,7,9,12H2,1H3,(H2,17,20). The van der Waals surface area contributed by atoms with Crippen LogP contribution in [0.4, 0.5) is 0 Å². The molecule has 0 saturated carbocycles. The van der Waals surface area contributed by atoms with Gasteiger partial charge in [-0.15, -0.1) is 0 Å². The molecule has 3 nitrogen and oxygen atoms in total. The first-order valence-electron chi connectivity index (χ1n) is 6.61. The van der Waals surface area contributed by atoms with Crippen LogP contribution in [0.5, 0.6) is 0 Å². The number of pyridine rings is 1. The number of likely N-dealkylation sites (N-methyl/N-ethyl adjacent to an activating group) is 1. The third-order valence-electron chi connectivity index (χ3n) is 3.17. The van der Waals surface area contributed by atoms with Gasteiger partial charge in [0.05, 0.1) is 0 Å². The summed E-state index contributed by atoms with van der Waals surface area (Å²) in [6.45, 7) is 1.87. The largest absolute Gasteiger partial charge is 0.389 e. The average Bonchev–Trinajstić information content (AvgIpc) is 2.46. The Morgan fingerprint density at radius 1 is 1.25 bits per heavy atom. The Morgan fingerprint density at radius 2 is 2.05 bits per heavy atom. The zero-order chi connectivity index (χ0) is 14.4. The normalized spacial score (nSPS) is 10.7. The highest BCUT2D eigenvalue weighted by molar-refractivity contribution is 7.80. The Labute approximate surface area is 125 Å². The maximum absolute atomic E-state index is 5.66. The van der Waals surface area contributed by atoms with E-state index in [1.165, 1.54) is 11.1 Å². The molecule has 0 aliphatic carbocycles. The second-order valence-corrected chi connectivity index (χ2v) is 5.35. The number of hydrogen-bond acceptors (Lipinski definition) is 3. The number of benzene rings is 1. The van der Waals surface area contributed by atoms with Crippen LogP contribution in [-0.2, 0) is 13.0 Å². The van der Waals surface area contributed by atoms with E-state index >= 15 is 0 Å². The van der Waals surface area contributed by atoms with Gasteiger partial charge in [-0.25, -0.2) is 0 Å². The molecule has 1 aromatic carbocycles. The van der Waals surface area contributed by atoms with Crippen molar-refractivity contribution in [1.82, 2.24) is 9.88 Å². The molecule has 0 aliphatic heterocycles. The van der Waals surface area contributed by atoms with Crippen LogP contribution < -0.4 is 5.73 Å². The average molecular weight is 285 g/mol. The molecule has 0 saturated heterocycles. The Kier molecular flexibility index (Phi) is 5.21. The summed E-state index contributed by atoms with van der Waals surface area (Å²) in [6.07, 6.45) is 4.72. The summed E-state index contributed by atoms with van der Waals surface area (Å²) >= 11 is 5.01. The molecule has 0 fully saturated rings. The summed E-state index contributed by atoms with van der Waals surface area (Å²) in [5.41, 5.74) is 9.07. The van der Waals surface area contributed by atoms with Gasteiger partial charge in [0.2, 0.25) is 0 Å². The van der Waals surface area contributed by atoms with Crippen molar-refractivity contribution in [3.05, 3.63) is 65.5 Å². The third-order valence-corrected chi connectivity index (χ3v) is 3.40. The first kappa shape index (κ1) is 14.6. The molecule has 0 bridgehead atoms. The lowest BCUT2D eigenvalue weighted by molar-refractivity contribution is 0.331. The van der Waals surface area contributed by atoms with Crippen LogP contribution >= 0.6 is 12.2 Å². The predicted octanol–water partition coefficient (Wildman–Crippen LogP) is 2.39. The molecule has 0 amide bonds. The van der Waals surface area contributed by atoms with Crippen molar-refractivity contribution in [2.75, 3.05) is 13.6 Å². The van der Waals surface area contributed by atoms with Gasteiger partial charge >= 0.3 is 0 Å². The molecule has 2 aromatic rings. The Morgan fingerprint density at radius 3 is 2.75 bits per heavy atom. The van der Waals surface area contributed by atoms with Gasteiger partial charge in [0.15, 0.2) is 0 Å². The molecular weight excluding hydrogens is 266 g/mol. The van der Waals surface area contributed by atoms with Gasteiger partial charge in [-0.3, -0.25) is 4.98 Å². The van der Waals surface area contributed by atoms with E-state index in [-0.39, 0.29) is 0 Å². The minimum Gasteiger partial charge on any atom is -0.389 e. The summed E-state index contributed by atoms with van der Waals surface area (Å²) in [6, 6.07) is 12.2. The van der Waals surface area contributed by atoms with Crippen LogP contribution in [0.25, 0.3) is 0 Å². The summed E-state index contributed by atoms with van der Waals surface area (Å²) in [5, 5.41) is 0. The second-order valence-electron chi connectivity index (χ2n) is 4.91. The molecule has 0 atom stereocenters. The quantitative estimate of drug-likeness (QED) is 0.828. The lowest BCUT2D eigenvalue weighted by Crippen LogP contribution is -2.21. The zero-order valence-corrected chi connectivity index (χ0v) is 12.4. The molecule has 0 aliphatic rings. The Bertz CT molecular complexity index is 569. The van der Waals surface area contributed by atoms with Crippen LogP contribution in [-0.4, -0.2) is 28.5 Å². The lowest BCUT2D eigenvalue weighted by atomic mass is 10.1. The fourth-order valence-corrected chi connectivity index (χ4v) is 2.21. The minimum atomic E-state index is 0.449.